The van der Waals surface area contributed by atoms with E-state index in [-0.39, 0.29) is 42.0 Å². The third-order valence-corrected chi connectivity index (χ3v) is 4.67. The second-order valence-corrected chi connectivity index (χ2v) is 8.60. The van der Waals surface area contributed by atoms with E-state index in [4.69, 9.17) is 0 Å². The molecule has 1 unspecified atom stereocenters. The van der Waals surface area contributed by atoms with Gasteiger partial charge in [-0.3, -0.25) is 9.79 Å². The van der Waals surface area contributed by atoms with Gasteiger partial charge in [0.2, 0.25) is 5.91 Å². The minimum absolute atomic E-state index is 0. The van der Waals surface area contributed by atoms with Crippen molar-refractivity contribution in [1.29, 1.82) is 0 Å². The molecule has 8 heteroatoms. The summed E-state index contributed by atoms with van der Waals surface area (Å²) in [4.78, 5) is 18.5. The summed E-state index contributed by atoms with van der Waals surface area (Å²) in [6.45, 7) is 9.03. The Labute approximate surface area is 188 Å². The van der Waals surface area contributed by atoms with E-state index in [0.717, 1.165) is 30.5 Å². The van der Waals surface area contributed by atoms with Crippen molar-refractivity contribution in [2.45, 2.75) is 32.7 Å². The summed E-state index contributed by atoms with van der Waals surface area (Å²) < 4.78 is 1.11. The Balaban J connectivity index is 0.00000364. The lowest BCUT2D eigenvalue weighted by atomic mass is 10.1. The molecule has 1 aromatic rings. The van der Waals surface area contributed by atoms with Crippen LogP contribution in [0.3, 0.4) is 0 Å². The first-order valence-electron chi connectivity index (χ1n) is 9.03. The number of rotatable bonds is 5. The van der Waals surface area contributed by atoms with Crippen LogP contribution in [-0.4, -0.2) is 50.6 Å². The van der Waals surface area contributed by atoms with Crippen molar-refractivity contribution < 1.29 is 4.79 Å². The maximum atomic E-state index is 11.9. The van der Waals surface area contributed by atoms with Crippen LogP contribution in [0.15, 0.2) is 33.7 Å². The number of guanidine groups is 1. The number of hydrogen-bond donors (Lipinski definition) is 3. The van der Waals surface area contributed by atoms with Crippen LogP contribution in [0.25, 0.3) is 0 Å². The van der Waals surface area contributed by atoms with Gasteiger partial charge in [0.15, 0.2) is 5.96 Å². The minimum Gasteiger partial charge on any atom is -0.371 e. The topological polar surface area (TPSA) is 68.8 Å². The van der Waals surface area contributed by atoms with Gasteiger partial charge in [0.25, 0.3) is 0 Å². The molecule has 27 heavy (non-hydrogen) atoms. The Morgan fingerprint density at radius 2 is 2.07 bits per heavy atom. The molecule has 1 amide bonds. The van der Waals surface area contributed by atoms with Gasteiger partial charge in [0, 0.05) is 42.4 Å². The molecule has 0 bridgehead atoms. The van der Waals surface area contributed by atoms with Crippen molar-refractivity contribution in [3.05, 3.63) is 28.7 Å². The first-order chi connectivity index (χ1) is 12.3. The van der Waals surface area contributed by atoms with Gasteiger partial charge < -0.3 is 20.9 Å². The van der Waals surface area contributed by atoms with Gasteiger partial charge in [-0.15, -0.1) is 24.0 Å². The summed E-state index contributed by atoms with van der Waals surface area (Å²) in [5.74, 6) is 1.17. The predicted molar refractivity (Wildman–Crippen MR) is 127 cm³/mol. The number of nitrogens with zero attached hydrogens (tertiary/aromatic N) is 2. The average molecular weight is 552 g/mol. The molecule has 0 aliphatic carbocycles. The van der Waals surface area contributed by atoms with Crippen LogP contribution in [0, 0.1) is 5.92 Å². The number of benzene rings is 1. The SMILES string of the molecule is CN=C(NCC(=O)NC(C)(C)C)NCC1CCN(c2cccc(Br)c2)C1.I. The molecule has 1 aliphatic heterocycles. The maximum absolute atomic E-state index is 11.9. The molecule has 0 spiro atoms. The highest BCUT2D eigenvalue weighted by Gasteiger charge is 2.23. The van der Waals surface area contributed by atoms with Crippen LogP contribution in [0.1, 0.15) is 27.2 Å². The fraction of sp³-hybridized carbons (Fsp3) is 0.579. The van der Waals surface area contributed by atoms with E-state index in [2.05, 4.69) is 60.0 Å². The van der Waals surface area contributed by atoms with Crippen LogP contribution < -0.4 is 20.9 Å². The van der Waals surface area contributed by atoms with Crippen LogP contribution >= 0.6 is 39.9 Å². The Morgan fingerprint density at radius 1 is 1.33 bits per heavy atom. The zero-order valence-corrected chi connectivity index (χ0v) is 20.4. The summed E-state index contributed by atoms with van der Waals surface area (Å²) in [6, 6.07) is 8.42. The van der Waals surface area contributed by atoms with E-state index < -0.39 is 0 Å². The molecule has 6 nitrogen and oxygen atoms in total. The summed E-state index contributed by atoms with van der Waals surface area (Å²) in [5, 5.41) is 9.34. The zero-order valence-electron chi connectivity index (χ0n) is 16.5. The molecule has 0 aromatic heterocycles. The molecule has 1 heterocycles. The highest BCUT2D eigenvalue weighted by Crippen LogP contribution is 2.25. The lowest BCUT2D eigenvalue weighted by Crippen LogP contribution is -2.48. The smallest absolute Gasteiger partial charge is 0.239 e. The second-order valence-electron chi connectivity index (χ2n) is 7.69. The summed E-state index contributed by atoms with van der Waals surface area (Å²) in [6.07, 6.45) is 1.14. The van der Waals surface area contributed by atoms with Gasteiger partial charge in [-0.05, 0) is 51.3 Å². The molecule has 1 atom stereocenters. The fourth-order valence-electron chi connectivity index (χ4n) is 2.99. The molecule has 0 radical (unpaired) electrons. The molecule has 3 N–H and O–H groups in total. The number of halogens is 2. The standard InChI is InChI=1S/C19H30BrN5O.HI/c1-19(2,3)24-17(26)12-23-18(21-4)22-11-14-8-9-25(13-14)16-7-5-6-15(20)10-16;/h5-7,10,14H,8-9,11-13H2,1-4H3,(H,24,26)(H2,21,22,23);1H. The Morgan fingerprint density at radius 3 is 2.70 bits per heavy atom. The van der Waals surface area contributed by atoms with Crippen molar-refractivity contribution in [1.82, 2.24) is 16.0 Å². The highest BCUT2D eigenvalue weighted by molar-refractivity contribution is 14.0. The van der Waals surface area contributed by atoms with Crippen molar-refractivity contribution in [2.75, 3.05) is 38.1 Å². The molecule has 1 saturated heterocycles. The van der Waals surface area contributed by atoms with E-state index in [0.29, 0.717) is 11.9 Å². The van der Waals surface area contributed by atoms with Gasteiger partial charge in [-0.2, -0.15) is 0 Å². The maximum Gasteiger partial charge on any atom is 0.239 e. The van der Waals surface area contributed by atoms with E-state index in [1.54, 1.807) is 7.05 Å². The Bertz CT molecular complexity index is 647. The number of nitrogens with one attached hydrogen (secondary N) is 3. The summed E-state index contributed by atoms with van der Waals surface area (Å²) in [7, 11) is 1.72. The zero-order chi connectivity index (χ0) is 19.2. The minimum atomic E-state index is -0.227. The summed E-state index contributed by atoms with van der Waals surface area (Å²) >= 11 is 3.53. The van der Waals surface area contributed by atoms with Crippen LogP contribution in [0.2, 0.25) is 0 Å². The number of carbonyl (C=O) groups excluding carboxylic acids is 1. The molecular weight excluding hydrogens is 521 g/mol. The average Bonchev–Trinajstić information content (AvgIpc) is 3.02. The van der Waals surface area contributed by atoms with Gasteiger partial charge in [0.1, 0.15) is 0 Å². The lowest BCUT2D eigenvalue weighted by molar-refractivity contribution is -0.121. The first kappa shape index (κ1) is 24.0. The number of aliphatic imine (C=N–C) groups is 1. The lowest BCUT2D eigenvalue weighted by Gasteiger charge is -2.21. The van der Waals surface area contributed by atoms with Crippen molar-refractivity contribution in [2.24, 2.45) is 10.9 Å². The normalized spacial score (nSPS) is 17.3. The molecule has 1 aliphatic rings. The molecule has 1 aromatic carbocycles. The van der Waals surface area contributed by atoms with E-state index in [1.807, 2.05) is 26.8 Å². The molecular formula is C19H31BrIN5O. The van der Waals surface area contributed by atoms with E-state index >= 15 is 0 Å². The van der Waals surface area contributed by atoms with Crippen LogP contribution in [0.4, 0.5) is 5.69 Å². The highest BCUT2D eigenvalue weighted by atomic mass is 127. The second kappa shape index (κ2) is 11.1. The van der Waals surface area contributed by atoms with Crippen molar-refractivity contribution in [3.63, 3.8) is 0 Å². The van der Waals surface area contributed by atoms with Crippen molar-refractivity contribution in [3.8, 4) is 0 Å². The van der Waals surface area contributed by atoms with Gasteiger partial charge >= 0.3 is 0 Å². The fourth-order valence-corrected chi connectivity index (χ4v) is 3.38. The monoisotopic (exact) mass is 551 g/mol. The predicted octanol–water partition coefficient (Wildman–Crippen LogP) is 2.97. The summed E-state index contributed by atoms with van der Waals surface area (Å²) in [5.41, 5.74) is 1.03. The molecule has 1 fully saturated rings. The third-order valence-electron chi connectivity index (χ3n) is 4.17. The van der Waals surface area contributed by atoms with E-state index in [1.165, 1.54) is 5.69 Å². The Kier molecular flexibility index (Phi) is 9.86. The quantitative estimate of drug-likeness (QED) is 0.299. The first-order valence-corrected chi connectivity index (χ1v) is 9.82. The van der Waals surface area contributed by atoms with Crippen LogP contribution in [0.5, 0.6) is 0 Å². The molecule has 0 saturated carbocycles. The van der Waals surface area contributed by atoms with Crippen molar-refractivity contribution >= 4 is 57.5 Å². The van der Waals surface area contributed by atoms with Crippen LogP contribution in [-0.2, 0) is 4.79 Å². The van der Waals surface area contributed by atoms with Gasteiger partial charge in [0.05, 0.1) is 6.54 Å². The van der Waals surface area contributed by atoms with Gasteiger partial charge in [-0.1, -0.05) is 22.0 Å². The number of carbonyl (C=O) groups is 1. The Hall–Kier alpha value is -1.03. The largest absolute Gasteiger partial charge is 0.371 e. The van der Waals surface area contributed by atoms with E-state index in [9.17, 15) is 4.79 Å². The third kappa shape index (κ3) is 8.68. The number of amides is 1. The van der Waals surface area contributed by atoms with Gasteiger partial charge in [-0.25, -0.2) is 0 Å². The molecule has 2 rings (SSSR count). The number of hydrogen-bond acceptors (Lipinski definition) is 3. The molecule has 152 valence electrons. The number of anilines is 1.